The molecule has 1 atom stereocenters. The molecular weight excluding hydrogens is 240 g/mol. The quantitative estimate of drug-likeness (QED) is 0.908. The van der Waals surface area contributed by atoms with E-state index in [0.29, 0.717) is 6.42 Å². The van der Waals surface area contributed by atoms with Crippen molar-refractivity contribution in [3.05, 3.63) is 24.3 Å². The van der Waals surface area contributed by atoms with Gasteiger partial charge in [0.05, 0.1) is 7.11 Å². The van der Waals surface area contributed by atoms with E-state index in [1.54, 1.807) is 19.1 Å². The summed E-state index contributed by atoms with van der Waals surface area (Å²) >= 11 is 0. The molecule has 0 heterocycles. The zero-order valence-electron chi connectivity index (χ0n) is 12.4. The van der Waals surface area contributed by atoms with E-state index in [0.717, 1.165) is 11.4 Å². The highest BCUT2D eigenvalue weighted by atomic mass is 16.5. The Kier molecular flexibility index (Phi) is 4.95. The van der Waals surface area contributed by atoms with Crippen LogP contribution in [0.3, 0.4) is 0 Å². The van der Waals surface area contributed by atoms with Crippen LogP contribution in [0.15, 0.2) is 24.3 Å². The van der Waals surface area contributed by atoms with E-state index >= 15 is 0 Å². The van der Waals surface area contributed by atoms with Crippen LogP contribution in [0.5, 0.6) is 5.75 Å². The van der Waals surface area contributed by atoms with Gasteiger partial charge in [-0.05, 0) is 17.5 Å². The second-order valence-electron chi connectivity index (χ2n) is 5.83. The Morgan fingerprint density at radius 3 is 2.58 bits per heavy atom. The molecule has 4 heteroatoms. The number of amides is 1. The topological polar surface area (TPSA) is 55.6 Å². The summed E-state index contributed by atoms with van der Waals surface area (Å²) in [5.74, 6) is 0.743. The maximum absolute atomic E-state index is 12.2. The van der Waals surface area contributed by atoms with Crippen molar-refractivity contribution in [2.24, 2.45) is 11.1 Å². The maximum atomic E-state index is 12.2. The van der Waals surface area contributed by atoms with Crippen LogP contribution < -0.4 is 15.4 Å². The zero-order chi connectivity index (χ0) is 14.6. The van der Waals surface area contributed by atoms with E-state index in [1.165, 1.54) is 0 Å². The predicted octanol–water partition coefficient (Wildman–Crippen LogP) is 2.42. The summed E-state index contributed by atoms with van der Waals surface area (Å²) < 4.78 is 5.16. The highest BCUT2D eigenvalue weighted by Gasteiger charge is 2.25. The molecule has 0 spiro atoms. The van der Waals surface area contributed by atoms with E-state index in [9.17, 15) is 4.79 Å². The van der Waals surface area contributed by atoms with E-state index in [4.69, 9.17) is 10.5 Å². The van der Waals surface area contributed by atoms with Crippen molar-refractivity contribution in [1.29, 1.82) is 0 Å². The van der Waals surface area contributed by atoms with Crippen LogP contribution >= 0.6 is 0 Å². The van der Waals surface area contributed by atoms with Gasteiger partial charge in [-0.3, -0.25) is 4.79 Å². The maximum Gasteiger partial charge on any atom is 0.228 e. The lowest BCUT2D eigenvalue weighted by molar-refractivity contribution is -0.119. The molecule has 0 aromatic heterocycles. The Labute approximate surface area is 115 Å². The second-order valence-corrected chi connectivity index (χ2v) is 5.83. The molecule has 1 rings (SSSR count). The number of ether oxygens (including phenoxy) is 1. The first-order valence-corrected chi connectivity index (χ1v) is 6.42. The fourth-order valence-corrected chi connectivity index (χ4v) is 1.59. The Morgan fingerprint density at radius 1 is 1.42 bits per heavy atom. The van der Waals surface area contributed by atoms with Gasteiger partial charge in [-0.15, -0.1) is 0 Å². The minimum Gasteiger partial charge on any atom is -0.497 e. The van der Waals surface area contributed by atoms with Crippen molar-refractivity contribution in [3.63, 3.8) is 0 Å². The third-order valence-corrected chi connectivity index (χ3v) is 3.32. The third kappa shape index (κ3) is 4.24. The number of hydrogen-bond donors (Lipinski definition) is 1. The Bertz CT molecular complexity index is 438. The average Bonchev–Trinajstić information content (AvgIpc) is 2.36. The molecule has 0 saturated heterocycles. The molecule has 1 unspecified atom stereocenters. The van der Waals surface area contributed by atoms with Gasteiger partial charge in [0.15, 0.2) is 0 Å². The van der Waals surface area contributed by atoms with Crippen molar-refractivity contribution in [1.82, 2.24) is 0 Å². The van der Waals surface area contributed by atoms with Crippen molar-refractivity contribution in [3.8, 4) is 5.75 Å². The van der Waals surface area contributed by atoms with Crippen molar-refractivity contribution in [2.75, 3.05) is 19.1 Å². The highest BCUT2D eigenvalue weighted by molar-refractivity contribution is 5.93. The number of rotatable bonds is 4. The van der Waals surface area contributed by atoms with Gasteiger partial charge in [-0.1, -0.05) is 26.8 Å². The van der Waals surface area contributed by atoms with Gasteiger partial charge in [0.2, 0.25) is 5.91 Å². The number of carbonyl (C=O) groups is 1. The highest BCUT2D eigenvalue weighted by Crippen LogP contribution is 2.23. The monoisotopic (exact) mass is 264 g/mol. The minimum absolute atomic E-state index is 0.00989. The van der Waals surface area contributed by atoms with Crippen LogP contribution in [0.25, 0.3) is 0 Å². The number of nitrogens with two attached hydrogens (primary N) is 1. The summed E-state index contributed by atoms with van der Waals surface area (Å²) in [6.07, 6.45) is 0.331. The van der Waals surface area contributed by atoms with Gasteiger partial charge in [-0.2, -0.15) is 0 Å². The number of anilines is 1. The van der Waals surface area contributed by atoms with Crippen molar-refractivity contribution < 1.29 is 9.53 Å². The minimum atomic E-state index is -0.159. The number of benzene rings is 1. The molecule has 1 amide bonds. The molecule has 0 radical (unpaired) electrons. The summed E-state index contributed by atoms with van der Waals surface area (Å²) in [5.41, 5.74) is 6.78. The molecule has 1 aromatic carbocycles. The predicted molar refractivity (Wildman–Crippen MR) is 78.5 cm³/mol. The van der Waals surface area contributed by atoms with Gasteiger partial charge in [0.25, 0.3) is 0 Å². The first-order valence-electron chi connectivity index (χ1n) is 6.42. The summed E-state index contributed by atoms with van der Waals surface area (Å²) in [7, 11) is 3.36. The second kappa shape index (κ2) is 6.06. The molecule has 1 aromatic rings. The standard InChI is InChI=1S/C15H24N2O2/c1-15(2,3)13(16)10-14(18)17(4)11-7-6-8-12(9-11)19-5/h6-9,13H,10,16H2,1-5H3. The fourth-order valence-electron chi connectivity index (χ4n) is 1.59. The Balaban J connectivity index is 2.76. The van der Waals surface area contributed by atoms with Crippen LogP contribution in [0.4, 0.5) is 5.69 Å². The molecule has 0 saturated carbocycles. The van der Waals surface area contributed by atoms with Gasteiger partial charge in [-0.25, -0.2) is 0 Å². The van der Waals surface area contributed by atoms with E-state index in [2.05, 4.69) is 0 Å². The van der Waals surface area contributed by atoms with Gasteiger partial charge in [0, 0.05) is 31.3 Å². The SMILES string of the molecule is COc1cccc(N(C)C(=O)CC(N)C(C)(C)C)c1. The first-order chi connectivity index (χ1) is 8.75. The summed E-state index contributed by atoms with van der Waals surface area (Å²) in [6, 6.07) is 7.27. The van der Waals surface area contributed by atoms with Gasteiger partial charge < -0.3 is 15.4 Å². The van der Waals surface area contributed by atoms with Gasteiger partial charge in [0.1, 0.15) is 5.75 Å². The van der Waals surface area contributed by atoms with Crippen LogP contribution in [-0.2, 0) is 4.79 Å². The van der Waals surface area contributed by atoms with Crippen molar-refractivity contribution in [2.45, 2.75) is 33.2 Å². The third-order valence-electron chi connectivity index (χ3n) is 3.32. The smallest absolute Gasteiger partial charge is 0.228 e. The molecule has 2 N–H and O–H groups in total. The van der Waals surface area contributed by atoms with Crippen LogP contribution in [0.1, 0.15) is 27.2 Å². The Morgan fingerprint density at radius 2 is 2.05 bits per heavy atom. The van der Waals surface area contributed by atoms with Crippen molar-refractivity contribution >= 4 is 11.6 Å². The molecule has 0 fully saturated rings. The molecule has 106 valence electrons. The lowest BCUT2D eigenvalue weighted by Gasteiger charge is -2.28. The van der Waals surface area contributed by atoms with E-state index < -0.39 is 0 Å². The molecular formula is C15H24N2O2. The fraction of sp³-hybridized carbons (Fsp3) is 0.533. The Hall–Kier alpha value is -1.55. The molecule has 4 nitrogen and oxygen atoms in total. The summed E-state index contributed by atoms with van der Waals surface area (Å²) in [5, 5.41) is 0. The van der Waals surface area contributed by atoms with Crippen LogP contribution in [0, 0.1) is 5.41 Å². The first kappa shape index (κ1) is 15.5. The number of nitrogens with zero attached hydrogens (tertiary/aromatic N) is 1. The lowest BCUT2D eigenvalue weighted by Crippen LogP contribution is -2.40. The molecule has 0 bridgehead atoms. The zero-order valence-corrected chi connectivity index (χ0v) is 12.4. The summed E-state index contributed by atoms with van der Waals surface area (Å²) in [6.45, 7) is 6.11. The number of carbonyl (C=O) groups excluding carboxylic acids is 1. The normalized spacial score (nSPS) is 12.9. The molecule has 0 aliphatic rings. The molecule has 0 aliphatic heterocycles. The van der Waals surface area contributed by atoms with E-state index in [-0.39, 0.29) is 17.4 Å². The lowest BCUT2D eigenvalue weighted by atomic mass is 9.85. The summed E-state index contributed by atoms with van der Waals surface area (Å²) in [4.78, 5) is 13.8. The van der Waals surface area contributed by atoms with E-state index in [1.807, 2.05) is 45.0 Å². The van der Waals surface area contributed by atoms with Crippen LogP contribution in [0.2, 0.25) is 0 Å². The molecule has 19 heavy (non-hydrogen) atoms. The number of methoxy groups -OCH3 is 1. The largest absolute Gasteiger partial charge is 0.497 e. The number of hydrogen-bond acceptors (Lipinski definition) is 3. The average molecular weight is 264 g/mol. The molecule has 0 aliphatic carbocycles. The van der Waals surface area contributed by atoms with Crippen LogP contribution in [-0.4, -0.2) is 26.1 Å². The van der Waals surface area contributed by atoms with Gasteiger partial charge >= 0.3 is 0 Å².